The lowest BCUT2D eigenvalue weighted by Crippen LogP contribution is -2.25. The minimum absolute atomic E-state index is 0.486. The number of fused-ring (bicyclic) bond motifs is 2. The summed E-state index contributed by atoms with van der Waals surface area (Å²) in [6.07, 6.45) is 5.37. The molecular formula is C17H22BrNO. The second-order valence-electron chi connectivity index (χ2n) is 6.45. The highest BCUT2D eigenvalue weighted by atomic mass is 79.9. The van der Waals surface area contributed by atoms with Gasteiger partial charge in [-0.05, 0) is 54.8 Å². The Morgan fingerprint density at radius 3 is 2.90 bits per heavy atom. The molecular weight excluding hydrogens is 314 g/mol. The molecule has 3 atom stereocenters. The van der Waals surface area contributed by atoms with Crippen molar-refractivity contribution >= 4 is 15.9 Å². The van der Waals surface area contributed by atoms with Gasteiger partial charge in [0.25, 0.3) is 0 Å². The highest BCUT2D eigenvalue weighted by Gasteiger charge is 2.56. The van der Waals surface area contributed by atoms with Crippen molar-refractivity contribution in [1.82, 2.24) is 5.32 Å². The number of halogens is 1. The Kier molecular flexibility index (Phi) is 3.30. The van der Waals surface area contributed by atoms with E-state index in [2.05, 4.69) is 40.3 Å². The quantitative estimate of drug-likeness (QED) is 0.895. The molecule has 3 heteroatoms. The lowest BCUT2D eigenvalue weighted by atomic mass is 9.94. The third kappa shape index (κ3) is 2.01. The minimum atomic E-state index is 0.486. The molecule has 108 valence electrons. The monoisotopic (exact) mass is 335 g/mol. The van der Waals surface area contributed by atoms with Crippen molar-refractivity contribution in [3.63, 3.8) is 0 Å². The van der Waals surface area contributed by atoms with Crippen LogP contribution in [0.15, 0.2) is 16.6 Å². The summed E-state index contributed by atoms with van der Waals surface area (Å²) < 4.78 is 7.15. The van der Waals surface area contributed by atoms with Gasteiger partial charge in [0.05, 0.1) is 6.61 Å². The summed E-state index contributed by atoms with van der Waals surface area (Å²) >= 11 is 3.68. The average molecular weight is 336 g/mol. The van der Waals surface area contributed by atoms with Gasteiger partial charge < -0.3 is 10.1 Å². The van der Waals surface area contributed by atoms with Gasteiger partial charge in [-0.25, -0.2) is 0 Å². The van der Waals surface area contributed by atoms with Crippen molar-refractivity contribution in [1.29, 1.82) is 0 Å². The van der Waals surface area contributed by atoms with Crippen molar-refractivity contribution in [3.05, 3.63) is 27.7 Å². The molecule has 2 nitrogen and oxygen atoms in total. The van der Waals surface area contributed by atoms with Crippen LogP contribution in [0.25, 0.3) is 0 Å². The Bertz CT molecular complexity index is 520. The number of benzene rings is 1. The van der Waals surface area contributed by atoms with Crippen molar-refractivity contribution in [2.45, 2.75) is 38.6 Å². The van der Waals surface area contributed by atoms with Crippen LogP contribution in [0.2, 0.25) is 0 Å². The Hall–Kier alpha value is -0.540. The molecule has 2 fully saturated rings. The van der Waals surface area contributed by atoms with Crippen LogP contribution in [0.4, 0.5) is 0 Å². The molecule has 0 spiro atoms. The van der Waals surface area contributed by atoms with E-state index in [9.17, 15) is 0 Å². The van der Waals surface area contributed by atoms with E-state index in [-0.39, 0.29) is 0 Å². The largest absolute Gasteiger partial charge is 0.493 e. The van der Waals surface area contributed by atoms with E-state index < -0.39 is 0 Å². The summed E-state index contributed by atoms with van der Waals surface area (Å²) in [7, 11) is 0. The molecule has 1 aromatic rings. The first-order valence-electron chi connectivity index (χ1n) is 7.98. The lowest BCUT2D eigenvalue weighted by molar-refractivity contribution is 0.340. The molecule has 2 aliphatic carbocycles. The van der Waals surface area contributed by atoms with Gasteiger partial charge >= 0.3 is 0 Å². The fourth-order valence-electron chi connectivity index (χ4n) is 4.57. The van der Waals surface area contributed by atoms with Crippen molar-refractivity contribution in [3.8, 4) is 5.75 Å². The maximum absolute atomic E-state index is 5.95. The van der Waals surface area contributed by atoms with Crippen LogP contribution in [0, 0.1) is 17.8 Å². The number of ether oxygens (including phenoxy) is 1. The molecule has 3 aliphatic rings. The Balaban J connectivity index is 1.70. The molecule has 2 saturated carbocycles. The number of rotatable bonds is 4. The van der Waals surface area contributed by atoms with Gasteiger partial charge in [-0.15, -0.1) is 0 Å². The summed E-state index contributed by atoms with van der Waals surface area (Å²) in [5, 5.41) is 3.75. The number of hydrogen-bond acceptors (Lipinski definition) is 2. The SMILES string of the molecule is CCNC(c1cc(Br)cc2c1OCC2)C1C2CCCC21. The normalized spacial score (nSPS) is 31.6. The molecule has 0 bridgehead atoms. The van der Waals surface area contributed by atoms with Crippen LogP contribution in [0.3, 0.4) is 0 Å². The molecule has 1 aliphatic heterocycles. The molecule has 0 amide bonds. The van der Waals surface area contributed by atoms with E-state index in [1.807, 2.05) is 0 Å². The topological polar surface area (TPSA) is 21.3 Å². The Morgan fingerprint density at radius 1 is 1.35 bits per heavy atom. The smallest absolute Gasteiger partial charge is 0.127 e. The average Bonchev–Trinajstić information content (AvgIpc) is 2.86. The van der Waals surface area contributed by atoms with Crippen molar-refractivity contribution < 1.29 is 4.74 Å². The van der Waals surface area contributed by atoms with Gasteiger partial charge in [0.1, 0.15) is 5.75 Å². The van der Waals surface area contributed by atoms with Gasteiger partial charge in [-0.1, -0.05) is 29.3 Å². The van der Waals surface area contributed by atoms with Crippen LogP contribution in [0.1, 0.15) is 43.4 Å². The van der Waals surface area contributed by atoms with Crippen LogP contribution < -0.4 is 10.1 Å². The van der Waals surface area contributed by atoms with Crippen molar-refractivity contribution in [2.24, 2.45) is 17.8 Å². The van der Waals surface area contributed by atoms with E-state index in [1.54, 1.807) is 0 Å². The fraction of sp³-hybridized carbons (Fsp3) is 0.647. The second kappa shape index (κ2) is 5.03. The molecule has 20 heavy (non-hydrogen) atoms. The third-order valence-electron chi connectivity index (χ3n) is 5.39. The molecule has 0 radical (unpaired) electrons. The molecule has 0 aromatic heterocycles. The number of nitrogens with one attached hydrogen (secondary N) is 1. The molecule has 3 unspecified atom stereocenters. The predicted molar refractivity (Wildman–Crippen MR) is 84.1 cm³/mol. The summed E-state index contributed by atoms with van der Waals surface area (Å²) in [5.41, 5.74) is 2.77. The molecule has 1 N–H and O–H groups in total. The summed E-state index contributed by atoms with van der Waals surface area (Å²) in [4.78, 5) is 0. The predicted octanol–water partition coefficient (Wildman–Crippen LogP) is 4.08. The van der Waals surface area contributed by atoms with Crippen LogP contribution in [-0.4, -0.2) is 13.2 Å². The van der Waals surface area contributed by atoms with Crippen molar-refractivity contribution in [2.75, 3.05) is 13.2 Å². The lowest BCUT2D eigenvalue weighted by Gasteiger charge is -2.23. The van der Waals surface area contributed by atoms with E-state index in [0.29, 0.717) is 6.04 Å². The number of hydrogen-bond donors (Lipinski definition) is 1. The summed E-state index contributed by atoms with van der Waals surface area (Å²) in [6.45, 7) is 4.08. The van der Waals surface area contributed by atoms with Crippen LogP contribution in [0.5, 0.6) is 5.75 Å². The zero-order valence-corrected chi connectivity index (χ0v) is 13.6. The van der Waals surface area contributed by atoms with Gasteiger partial charge in [0.2, 0.25) is 0 Å². The molecule has 1 aromatic carbocycles. The molecule has 4 rings (SSSR count). The first-order valence-corrected chi connectivity index (χ1v) is 8.77. The highest BCUT2D eigenvalue weighted by molar-refractivity contribution is 9.10. The summed E-state index contributed by atoms with van der Waals surface area (Å²) in [6, 6.07) is 4.99. The second-order valence-corrected chi connectivity index (χ2v) is 7.37. The van der Waals surface area contributed by atoms with E-state index >= 15 is 0 Å². The Morgan fingerprint density at radius 2 is 2.15 bits per heavy atom. The zero-order valence-electron chi connectivity index (χ0n) is 12.0. The maximum atomic E-state index is 5.95. The van der Waals surface area contributed by atoms with Gasteiger partial charge in [-0.2, -0.15) is 0 Å². The third-order valence-corrected chi connectivity index (χ3v) is 5.85. The maximum Gasteiger partial charge on any atom is 0.127 e. The zero-order chi connectivity index (χ0) is 13.7. The van der Waals surface area contributed by atoms with Gasteiger partial charge in [-0.3, -0.25) is 0 Å². The standard InChI is InChI=1S/C17H22BrNO/c1-2-19-16(15-12-4-3-5-13(12)15)14-9-11(18)8-10-6-7-20-17(10)14/h8-9,12-13,15-16,19H,2-7H2,1H3. The fourth-order valence-corrected chi connectivity index (χ4v) is 5.10. The van der Waals surface area contributed by atoms with E-state index in [4.69, 9.17) is 4.74 Å². The first kappa shape index (κ1) is 13.1. The first-order chi connectivity index (χ1) is 9.79. The molecule has 1 heterocycles. The van der Waals surface area contributed by atoms with Gasteiger partial charge in [0.15, 0.2) is 0 Å². The summed E-state index contributed by atoms with van der Waals surface area (Å²) in [5.74, 6) is 3.94. The van der Waals surface area contributed by atoms with E-state index in [1.165, 1.54) is 40.6 Å². The van der Waals surface area contributed by atoms with Crippen LogP contribution in [-0.2, 0) is 6.42 Å². The van der Waals surface area contributed by atoms with Gasteiger partial charge in [0, 0.05) is 22.5 Å². The highest BCUT2D eigenvalue weighted by Crippen LogP contribution is 2.63. The van der Waals surface area contributed by atoms with Crippen LogP contribution >= 0.6 is 15.9 Å². The minimum Gasteiger partial charge on any atom is -0.493 e. The van der Waals surface area contributed by atoms with E-state index in [0.717, 1.165) is 37.3 Å². The molecule has 0 saturated heterocycles. The Labute approximate surface area is 129 Å².